The van der Waals surface area contributed by atoms with Gasteiger partial charge in [-0.3, -0.25) is 0 Å². The first-order chi connectivity index (χ1) is 9.70. The van der Waals surface area contributed by atoms with Crippen LogP contribution >= 0.6 is 0 Å². The molecular weight excluding hydrogens is 252 g/mol. The maximum absolute atomic E-state index is 5.52. The van der Waals surface area contributed by atoms with Gasteiger partial charge in [-0.25, -0.2) is 0 Å². The van der Waals surface area contributed by atoms with Crippen LogP contribution in [-0.4, -0.2) is 42.5 Å². The molecule has 1 fully saturated rings. The smallest absolute Gasteiger partial charge is 0.151 e. The summed E-state index contributed by atoms with van der Waals surface area (Å²) < 4.78 is 5.52. The Kier molecular flexibility index (Phi) is 5.73. The van der Waals surface area contributed by atoms with E-state index in [2.05, 4.69) is 53.3 Å². The molecule has 0 spiro atoms. The molecule has 5 nitrogen and oxygen atoms in total. The number of aromatic nitrogens is 2. The Morgan fingerprint density at radius 2 is 2.25 bits per heavy atom. The fourth-order valence-corrected chi connectivity index (χ4v) is 2.38. The Balaban J connectivity index is 1.93. The number of nitrogens with zero attached hydrogens (tertiary/aromatic N) is 3. The van der Waals surface area contributed by atoms with Crippen LogP contribution in [0.15, 0.2) is 12.1 Å². The number of rotatable bonds is 6. The second kappa shape index (κ2) is 7.55. The number of morpholine rings is 1. The molecule has 1 aliphatic rings. The van der Waals surface area contributed by atoms with Gasteiger partial charge in [0.1, 0.15) is 0 Å². The monoisotopic (exact) mass is 278 g/mol. The SMILES string of the molecule is CCC1COCCN1c1ccc(CNCC(C)C)nn1. The third-order valence-corrected chi connectivity index (χ3v) is 3.56. The molecule has 1 aliphatic heterocycles. The minimum absolute atomic E-state index is 0.419. The van der Waals surface area contributed by atoms with E-state index in [4.69, 9.17) is 4.74 Å². The van der Waals surface area contributed by atoms with Crippen LogP contribution in [0, 0.1) is 5.92 Å². The molecule has 1 saturated heterocycles. The van der Waals surface area contributed by atoms with Crippen molar-refractivity contribution in [3.63, 3.8) is 0 Å². The third-order valence-electron chi connectivity index (χ3n) is 3.56. The van der Waals surface area contributed by atoms with Gasteiger partial charge in [0.2, 0.25) is 0 Å². The molecule has 0 bridgehead atoms. The van der Waals surface area contributed by atoms with Crippen molar-refractivity contribution in [1.29, 1.82) is 0 Å². The number of anilines is 1. The normalized spacial score (nSPS) is 19.6. The highest BCUT2D eigenvalue weighted by molar-refractivity contribution is 5.39. The molecule has 1 aromatic rings. The van der Waals surface area contributed by atoms with Crippen molar-refractivity contribution in [2.24, 2.45) is 5.92 Å². The summed E-state index contributed by atoms with van der Waals surface area (Å²) in [6, 6.07) is 4.56. The van der Waals surface area contributed by atoms with Gasteiger partial charge in [-0.2, -0.15) is 5.10 Å². The number of hydrogen-bond donors (Lipinski definition) is 1. The average molecular weight is 278 g/mol. The first kappa shape index (κ1) is 15.2. The van der Waals surface area contributed by atoms with E-state index < -0.39 is 0 Å². The number of ether oxygens (including phenoxy) is 1. The number of hydrogen-bond acceptors (Lipinski definition) is 5. The Morgan fingerprint density at radius 3 is 2.90 bits per heavy atom. The topological polar surface area (TPSA) is 50.3 Å². The lowest BCUT2D eigenvalue weighted by Gasteiger charge is -2.35. The summed E-state index contributed by atoms with van der Waals surface area (Å²) in [5.74, 6) is 1.62. The minimum Gasteiger partial charge on any atom is -0.377 e. The largest absolute Gasteiger partial charge is 0.377 e. The highest BCUT2D eigenvalue weighted by Crippen LogP contribution is 2.18. The molecular formula is C15H26N4O. The highest BCUT2D eigenvalue weighted by Gasteiger charge is 2.22. The Morgan fingerprint density at radius 1 is 1.40 bits per heavy atom. The van der Waals surface area contributed by atoms with Crippen LogP contribution in [0.25, 0.3) is 0 Å². The van der Waals surface area contributed by atoms with E-state index in [1.807, 2.05) is 0 Å². The zero-order valence-electron chi connectivity index (χ0n) is 12.8. The number of nitrogens with one attached hydrogen (secondary N) is 1. The predicted octanol–water partition coefficient (Wildman–Crippen LogP) is 1.84. The molecule has 2 rings (SSSR count). The Hall–Kier alpha value is -1.20. The Labute approximate surface area is 121 Å². The molecule has 0 aromatic carbocycles. The van der Waals surface area contributed by atoms with E-state index in [1.54, 1.807) is 0 Å². The van der Waals surface area contributed by atoms with E-state index in [0.717, 1.165) is 50.8 Å². The summed E-state index contributed by atoms with van der Waals surface area (Å²) in [6.45, 7) is 10.8. The van der Waals surface area contributed by atoms with Crippen molar-refractivity contribution in [3.8, 4) is 0 Å². The van der Waals surface area contributed by atoms with E-state index in [0.29, 0.717) is 12.0 Å². The van der Waals surface area contributed by atoms with Gasteiger partial charge >= 0.3 is 0 Å². The summed E-state index contributed by atoms with van der Waals surface area (Å²) in [4.78, 5) is 2.31. The van der Waals surface area contributed by atoms with Crippen molar-refractivity contribution < 1.29 is 4.74 Å². The molecule has 20 heavy (non-hydrogen) atoms. The fourth-order valence-electron chi connectivity index (χ4n) is 2.38. The van der Waals surface area contributed by atoms with E-state index in [9.17, 15) is 0 Å². The van der Waals surface area contributed by atoms with Gasteiger partial charge in [0.05, 0.1) is 24.9 Å². The summed E-state index contributed by atoms with van der Waals surface area (Å²) in [5, 5.41) is 12.1. The fraction of sp³-hybridized carbons (Fsp3) is 0.733. The van der Waals surface area contributed by atoms with Crippen LogP contribution in [0.4, 0.5) is 5.82 Å². The predicted molar refractivity (Wildman–Crippen MR) is 80.8 cm³/mol. The van der Waals surface area contributed by atoms with Gasteiger partial charge in [-0.1, -0.05) is 20.8 Å². The van der Waals surface area contributed by atoms with Crippen LogP contribution < -0.4 is 10.2 Å². The zero-order chi connectivity index (χ0) is 14.4. The Bertz CT molecular complexity index is 393. The summed E-state index contributed by atoms with van der Waals surface area (Å²) in [5.41, 5.74) is 0.996. The molecule has 1 atom stereocenters. The maximum Gasteiger partial charge on any atom is 0.151 e. The van der Waals surface area contributed by atoms with Crippen LogP contribution in [0.5, 0.6) is 0 Å². The van der Waals surface area contributed by atoms with Crippen molar-refractivity contribution in [2.75, 3.05) is 31.2 Å². The van der Waals surface area contributed by atoms with Crippen LogP contribution in [-0.2, 0) is 11.3 Å². The van der Waals surface area contributed by atoms with Crippen molar-refractivity contribution in [1.82, 2.24) is 15.5 Å². The van der Waals surface area contributed by atoms with Gasteiger partial charge in [0.15, 0.2) is 5.82 Å². The summed E-state index contributed by atoms with van der Waals surface area (Å²) in [7, 11) is 0. The molecule has 0 saturated carbocycles. The van der Waals surface area contributed by atoms with E-state index in [1.165, 1.54) is 0 Å². The maximum atomic E-state index is 5.52. The van der Waals surface area contributed by atoms with Crippen molar-refractivity contribution >= 4 is 5.82 Å². The zero-order valence-corrected chi connectivity index (χ0v) is 12.8. The lowest BCUT2D eigenvalue weighted by Crippen LogP contribution is -2.45. The van der Waals surface area contributed by atoms with Crippen LogP contribution in [0.2, 0.25) is 0 Å². The second-order valence-corrected chi connectivity index (χ2v) is 5.74. The lowest BCUT2D eigenvalue weighted by atomic mass is 10.2. The van der Waals surface area contributed by atoms with Crippen molar-refractivity contribution in [3.05, 3.63) is 17.8 Å². The molecule has 0 radical (unpaired) electrons. The van der Waals surface area contributed by atoms with E-state index in [-0.39, 0.29) is 0 Å². The summed E-state index contributed by atoms with van der Waals surface area (Å²) in [6.07, 6.45) is 1.07. The van der Waals surface area contributed by atoms with Crippen LogP contribution in [0.3, 0.4) is 0 Å². The quantitative estimate of drug-likeness (QED) is 0.860. The highest BCUT2D eigenvalue weighted by atomic mass is 16.5. The molecule has 1 aromatic heterocycles. The van der Waals surface area contributed by atoms with Gasteiger partial charge in [-0.05, 0) is 31.0 Å². The third kappa shape index (κ3) is 4.15. The van der Waals surface area contributed by atoms with Gasteiger partial charge < -0.3 is 15.0 Å². The molecule has 112 valence electrons. The molecule has 5 heteroatoms. The van der Waals surface area contributed by atoms with E-state index >= 15 is 0 Å². The van der Waals surface area contributed by atoms with Crippen molar-refractivity contribution in [2.45, 2.75) is 39.8 Å². The minimum atomic E-state index is 0.419. The molecule has 0 amide bonds. The lowest BCUT2D eigenvalue weighted by molar-refractivity contribution is 0.0924. The van der Waals surface area contributed by atoms with Gasteiger partial charge in [0.25, 0.3) is 0 Å². The molecule has 1 unspecified atom stereocenters. The second-order valence-electron chi connectivity index (χ2n) is 5.74. The van der Waals surface area contributed by atoms with Gasteiger partial charge in [0, 0.05) is 13.1 Å². The first-order valence-electron chi connectivity index (χ1n) is 7.58. The summed E-state index contributed by atoms with van der Waals surface area (Å²) >= 11 is 0. The average Bonchev–Trinajstić information content (AvgIpc) is 2.47. The first-order valence-corrected chi connectivity index (χ1v) is 7.58. The molecule has 0 aliphatic carbocycles. The van der Waals surface area contributed by atoms with Gasteiger partial charge in [-0.15, -0.1) is 5.10 Å². The standard InChI is InChI=1S/C15H26N4O/c1-4-14-11-20-8-7-19(14)15-6-5-13(17-18-15)10-16-9-12(2)3/h5-6,12,14,16H,4,7-11H2,1-3H3. The molecule has 1 N–H and O–H groups in total. The molecule has 2 heterocycles. The van der Waals surface area contributed by atoms with Crippen LogP contribution in [0.1, 0.15) is 32.9 Å².